The number of hydrogen-bond acceptors (Lipinski definition) is 4. The summed E-state index contributed by atoms with van der Waals surface area (Å²) in [4.78, 5) is 25.0. The molecule has 1 heterocycles. The Labute approximate surface area is 128 Å². The molecule has 2 amide bonds. The molecule has 0 saturated carbocycles. The molecule has 0 fully saturated rings. The normalized spacial score (nSPS) is 10.5. The third-order valence-electron chi connectivity index (χ3n) is 2.89. The summed E-state index contributed by atoms with van der Waals surface area (Å²) in [6, 6.07) is 9.29. The van der Waals surface area contributed by atoms with E-state index in [1.807, 2.05) is 44.2 Å². The van der Waals surface area contributed by atoms with Gasteiger partial charge in [-0.05, 0) is 25.0 Å². The lowest BCUT2D eigenvalue weighted by molar-refractivity contribution is -0.122. The predicted octanol–water partition coefficient (Wildman–Crippen LogP) is 1.38. The maximum absolute atomic E-state index is 12.1. The minimum atomic E-state index is -0.489. The van der Waals surface area contributed by atoms with Crippen LogP contribution in [0, 0.1) is 12.8 Å². The van der Waals surface area contributed by atoms with E-state index in [1.165, 1.54) is 4.80 Å². The van der Waals surface area contributed by atoms with Crippen LogP contribution in [0.2, 0.25) is 0 Å². The van der Waals surface area contributed by atoms with Crippen molar-refractivity contribution in [3.8, 4) is 5.69 Å². The number of benzene rings is 1. The lowest BCUT2D eigenvalue weighted by Crippen LogP contribution is -2.42. The van der Waals surface area contributed by atoms with Gasteiger partial charge in [-0.15, -0.1) is 5.10 Å². The van der Waals surface area contributed by atoms with Gasteiger partial charge in [0.15, 0.2) is 5.69 Å². The number of aromatic nitrogens is 3. The van der Waals surface area contributed by atoms with Crippen LogP contribution in [0.1, 0.15) is 36.5 Å². The first-order valence-electron chi connectivity index (χ1n) is 7.06. The van der Waals surface area contributed by atoms with Crippen LogP contribution in [0.4, 0.5) is 0 Å². The quantitative estimate of drug-likeness (QED) is 0.835. The Morgan fingerprint density at radius 1 is 1.14 bits per heavy atom. The van der Waals surface area contributed by atoms with Crippen LogP contribution in [-0.2, 0) is 4.79 Å². The SMILES string of the molecule is Cc1nn(-c2ccccc2)nc1C(=O)NNC(=O)CC(C)C. The van der Waals surface area contributed by atoms with Crippen LogP contribution in [0.3, 0.4) is 0 Å². The molecule has 22 heavy (non-hydrogen) atoms. The standard InChI is InChI=1S/C15H19N5O2/c1-10(2)9-13(21)16-17-15(22)14-11(3)18-20(19-14)12-7-5-4-6-8-12/h4-8,10H,9H2,1-3H3,(H,16,21)(H,17,22). The lowest BCUT2D eigenvalue weighted by atomic mass is 10.1. The molecule has 0 aliphatic heterocycles. The van der Waals surface area contributed by atoms with Gasteiger partial charge in [0.25, 0.3) is 5.91 Å². The number of nitrogens with zero attached hydrogens (tertiary/aromatic N) is 3. The van der Waals surface area contributed by atoms with E-state index < -0.39 is 5.91 Å². The van der Waals surface area contributed by atoms with Gasteiger partial charge in [0, 0.05) is 6.42 Å². The molecule has 0 radical (unpaired) electrons. The fraction of sp³-hybridized carbons (Fsp3) is 0.333. The van der Waals surface area contributed by atoms with Gasteiger partial charge in [0.2, 0.25) is 5.91 Å². The highest BCUT2D eigenvalue weighted by atomic mass is 16.2. The lowest BCUT2D eigenvalue weighted by Gasteiger charge is -2.07. The van der Waals surface area contributed by atoms with Gasteiger partial charge in [0.1, 0.15) is 0 Å². The van der Waals surface area contributed by atoms with E-state index in [-0.39, 0.29) is 17.5 Å². The maximum atomic E-state index is 12.1. The molecular formula is C15H19N5O2. The van der Waals surface area contributed by atoms with Gasteiger partial charge in [0.05, 0.1) is 11.4 Å². The summed E-state index contributed by atoms with van der Waals surface area (Å²) in [5.74, 6) is -0.508. The largest absolute Gasteiger partial charge is 0.292 e. The Balaban J connectivity index is 2.05. The van der Waals surface area contributed by atoms with Crippen LogP contribution >= 0.6 is 0 Å². The molecule has 1 aromatic carbocycles. The molecule has 0 aliphatic carbocycles. The van der Waals surface area contributed by atoms with Crippen molar-refractivity contribution >= 4 is 11.8 Å². The zero-order valence-corrected chi connectivity index (χ0v) is 12.8. The summed E-state index contributed by atoms with van der Waals surface area (Å²) in [6.45, 7) is 5.55. The number of rotatable bonds is 4. The average molecular weight is 301 g/mol. The van der Waals surface area contributed by atoms with Crippen molar-refractivity contribution in [2.24, 2.45) is 5.92 Å². The van der Waals surface area contributed by atoms with Gasteiger partial charge in [-0.1, -0.05) is 32.0 Å². The molecule has 2 rings (SSSR count). The van der Waals surface area contributed by atoms with Gasteiger partial charge >= 0.3 is 0 Å². The first-order valence-corrected chi connectivity index (χ1v) is 7.06. The van der Waals surface area contributed by atoms with Crippen molar-refractivity contribution in [3.05, 3.63) is 41.7 Å². The van der Waals surface area contributed by atoms with Crippen molar-refractivity contribution in [2.45, 2.75) is 27.2 Å². The third-order valence-corrected chi connectivity index (χ3v) is 2.89. The minimum absolute atomic E-state index is 0.175. The van der Waals surface area contributed by atoms with Crippen molar-refractivity contribution in [2.75, 3.05) is 0 Å². The van der Waals surface area contributed by atoms with Crippen molar-refractivity contribution in [1.82, 2.24) is 25.8 Å². The van der Waals surface area contributed by atoms with Gasteiger partial charge in [-0.3, -0.25) is 20.4 Å². The Morgan fingerprint density at radius 2 is 1.82 bits per heavy atom. The summed E-state index contributed by atoms with van der Waals surface area (Å²) in [6.07, 6.45) is 0.343. The average Bonchev–Trinajstić information content (AvgIpc) is 2.87. The first kappa shape index (κ1) is 15.7. The van der Waals surface area contributed by atoms with Gasteiger partial charge in [-0.2, -0.15) is 9.90 Å². The molecule has 2 N–H and O–H groups in total. The smallest absolute Gasteiger partial charge is 0.273 e. The minimum Gasteiger partial charge on any atom is -0.273 e. The predicted molar refractivity (Wildman–Crippen MR) is 81.2 cm³/mol. The summed E-state index contributed by atoms with van der Waals surface area (Å²) >= 11 is 0. The number of nitrogens with one attached hydrogen (secondary N) is 2. The highest BCUT2D eigenvalue weighted by Gasteiger charge is 2.17. The van der Waals surface area contributed by atoms with Crippen LogP contribution < -0.4 is 10.9 Å². The van der Waals surface area contributed by atoms with Gasteiger partial charge < -0.3 is 0 Å². The van der Waals surface area contributed by atoms with Crippen LogP contribution in [-0.4, -0.2) is 26.8 Å². The van der Waals surface area contributed by atoms with E-state index in [4.69, 9.17) is 0 Å². The second-order valence-electron chi connectivity index (χ2n) is 5.36. The van der Waals surface area contributed by atoms with Crippen LogP contribution in [0.25, 0.3) is 5.69 Å². The van der Waals surface area contributed by atoms with E-state index in [1.54, 1.807) is 6.92 Å². The molecule has 1 aromatic heterocycles. The molecule has 0 aliphatic rings. The highest BCUT2D eigenvalue weighted by molar-refractivity contribution is 5.94. The second kappa shape index (κ2) is 6.84. The number of carbonyl (C=O) groups is 2. The maximum Gasteiger partial charge on any atom is 0.292 e. The number of amides is 2. The van der Waals surface area contributed by atoms with Crippen LogP contribution in [0.5, 0.6) is 0 Å². The van der Waals surface area contributed by atoms with Gasteiger partial charge in [-0.25, -0.2) is 0 Å². The number of hydrazine groups is 1. The summed E-state index contributed by atoms with van der Waals surface area (Å²) in [5.41, 5.74) is 6.15. The molecule has 0 spiro atoms. The summed E-state index contributed by atoms with van der Waals surface area (Å²) < 4.78 is 0. The van der Waals surface area contributed by atoms with E-state index in [2.05, 4.69) is 21.0 Å². The topological polar surface area (TPSA) is 88.9 Å². The first-order chi connectivity index (χ1) is 10.5. The molecule has 7 nitrogen and oxygen atoms in total. The Hall–Kier alpha value is -2.70. The zero-order chi connectivity index (χ0) is 16.1. The van der Waals surface area contributed by atoms with Crippen LogP contribution in [0.15, 0.2) is 30.3 Å². The zero-order valence-electron chi connectivity index (χ0n) is 12.8. The monoisotopic (exact) mass is 301 g/mol. The highest BCUT2D eigenvalue weighted by Crippen LogP contribution is 2.07. The fourth-order valence-corrected chi connectivity index (χ4v) is 1.87. The molecule has 0 unspecified atom stereocenters. The molecule has 0 bridgehead atoms. The molecule has 0 saturated heterocycles. The van der Waals surface area contributed by atoms with E-state index in [0.29, 0.717) is 12.1 Å². The van der Waals surface area contributed by atoms with E-state index in [9.17, 15) is 9.59 Å². The number of carbonyl (C=O) groups excluding carboxylic acids is 2. The van der Waals surface area contributed by atoms with Crippen molar-refractivity contribution < 1.29 is 9.59 Å². The third kappa shape index (κ3) is 3.91. The van der Waals surface area contributed by atoms with E-state index in [0.717, 1.165) is 5.69 Å². The number of hydrogen-bond donors (Lipinski definition) is 2. The molecule has 0 atom stereocenters. The Bertz CT molecular complexity index is 664. The molecule has 116 valence electrons. The summed E-state index contributed by atoms with van der Waals surface area (Å²) in [7, 11) is 0. The Morgan fingerprint density at radius 3 is 2.45 bits per heavy atom. The van der Waals surface area contributed by atoms with Crippen molar-refractivity contribution in [1.29, 1.82) is 0 Å². The number of aryl methyl sites for hydroxylation is 1. The Kier molecular flexibility index (Phi) is 4.88. The molecular weight excluding hydrogens is 282 g/mol. The molecule has 7 heteroatoms. The van der Waals surface area contributed by atoms with Crippen molar-refractivity contribution in [3.63, 3.8) is 0 Å². The fourth-order valence-electron chi connectivity index (χ4n) is 1.87. The molecule has 2 aromatic rings. The van der Waals surface area contributed by atoms with E-state index >= 15 is 0 Å². The second-order valence-corrected chi connectivity index (χ2v) is 5.36. The summed E-state index contributed by atoms with van der Waals surface area (Å²) in [5, 5.41) is 8.37. The number of para-hydroxylation sites is 1.